The van der Waals surface area contributed by atoms with Crippen LogP contribution in [0.2, 0.25) is 0 Å². The Labute approximate surface area is 121 Å². The van der Waals surface area contributed by atoms with Crippen molar-refractivity contribution in [3.63, 3.8) is 0 Å². The molecule has 0 saturated carbocycles. The summed E-state index contributed by atoms with van der Waals surface area (Å²) in [5.74, 6) is 0.944. The van der Waals surface area contributed by atoms with Crippen LogP contribution in [0.5, 0.6) is 0 Å². The lowest BCUT2D eigenvalue weighted by Gasteiger charge is -2.21. The molecule has 2 aromatic rings. The van der Waals surface area contributed by atoms with E-state index in [9.17, 15) is 0 Å². The van der Waals surface area contributed by atoms with E-state index in [1.807, 2.05) is 10.8 Å². The van der Waals surface area contributed by atoms with Crippen LogP contribution in [0.3, 0.4) is 0 Å². The first kappa shape index (κ1) is 14.7. The van der Waals surface area contributed by atoms with E-state index >= 15 is 0 Å². The van der Waals surface area contributed by atoms with Crippen molar-refractivity contribution in [2.45, 2.75) is 52.6 Å². The fraction of sp³-hybridized carbons (Fsp3) is 0.500. The molecule has 0 bridgehead atoms. The molecule has 0 saturated heterocycles. The zero-order valence-corrected chi connectivity index (χ0v) is 12.8. The summed E-state index contributed by atoms with van der Waals surface area (Å²) in [7, 11) is 0. The Bertz CT molecular complexity index is 538. The third-order valence-corrected chi connectivity index (χ3v) is 3.02. The second-order valence-electron chi connectivity index (χ2n) is 6.15. The summed E-state index contributed by atoms with van der Waals surface area (Å²) in [6.45, 7) is 9.57. The Kier molecular flexibility index (Phi) is 4.55. The van der Waals surface area contributed by atoms with Crippen molar-refractivity contribution < 1.29 is 0 Å². The van der Waals surface area contributed by atoms with E-state index in [-0.39, 0.29) is 5.54 Å². The first-order valence-electron chi connectivity index (χ1n) is 7.21. The van der Waals surface area contributed by atoms with Crippen molar-refractivity contribution in [2.24, 2.45) is 0 Å². The molecule has 2 rings (SSSR count). The van der Waals surface area contributed by atoms with E-state index in [0.717, 1.165) is 30.9 Å². The van der Waals surface area contributed by atoms with Crippen molar-refractivity contribution in [3.05, 3.63) is 42.1 Å². The van der Waals surface area contributed by atoms with E-state index in [1.54, 1.807) is 12.5 Å². The standard InChI is InChI=1S/C16H24N4/c1-5-6-14-9-13(11-18-16(2,3)4)10-15(19-14)20-8-7-17-12-20/h7-10,12,18H,5-6,11H2,1-4H3. The minimum Gasteiger partial charge on any atom is -0.308 e. The molecule has 0 spiro atoms. The SMILES string of the molecule is CCCc1cc(CNC(C)(C)C)cc(-n2ccnc2)n1. The predicted octanol–water partition coefficient (Wildman–Crippen LogP) is 3.11. The Morgan fingerprint density at radius 3 is 2.65 bits per heavy atom. The van der Waals surface area contributed by atoms with E-state index in [1.165, 1.54) is 5.56 Å². The molecule has 4 nitrogen and oxygen atoms in total. The lowest BCUT2D eigenvalue weighted by molar-refractivity contribution is 0.424. The number of aromatic nitrogens is 3. The molecule has 0 aliphatic heterocycles. The van der Waals surface area contributed by atoms with Crippen LogP contribution in [-0.2, 0) is 13.0 Å². The number of rotatable bonds is 5. The smallest absolute Gasteiger partial charge is 0.138 e. The van der Waals surface area contributed by atoms with Gasteiger partial charge in [0.25, 0.3) is 0 Å². The molecule has 0 atom stereocenters. The van der Waals surface area contributed by atoms with Gasteiger partial charge in [0.15, 0.2) is 0 Å². The average Bonchev–Trinajstić information content (AvgIpc) is 2.89. The van der Waals surface area contributed by atoms with Crippen molar-refractivity contribution in [3.8, 4) is 5.82 Å². The fourth-order valence-electron chi connectivity index (χ4n) is 2.01. The molecule has 4 heteroatoms. The zero-order valence-electron chi connectivity index (χ0n) is 12.8. The lowest BCUT2D eigenvalue weighted by Crippen LogP contribution is -2.35. The van der Waals surface area contributed by atoms with Crippen LogP contribution in [0, 0.1) is 0 Å². The van der Waals surface area contributed by atoms with Gasteiger partial charge in [-0.2, -0.15) is 0 Å². The summed E-state index contributed by atoms with van der Waals surface area (Å²) in [5, 5.41) is 3.53. The molecule has 0 aliphatic carbocycles. The highest BCUT2D eigenvalue weighted by Crippen LogP contribution is 2.13. The predicted molar refractivity (Wildman–Crippen MR) is 81.9 cm³/mol. The number of imidazole rings is 1. The second kappa shape index (κ2) is 6.18. The van der Waals surface area contributed by atoms with Crippen molar-refractivity contribution in [1.29, 1.82) is 0 Å². The Balaban J connectivity index is 2.26. The van der Waals surface area contributed by atoms with Crippen LogP contribution in [0.15, 0.2) is 30.9 Å². The maximum Gasteiger partial charge on any atom is 0.138 e. The summed E-state index contributed by atoms with van der Waals surface area (Å²) in [5.41, 5.74) is 2.52. The molecule has 0 unspecified atom stereocenters. The zero-order chi connectivity index (χ0) is 14.6. The molecule has 0 radical (unpaired) electrons. The summed E-state index contributed by atoms with van der Waals surface area (Å²) >= 11 is 0. The summed E-state index contributed by atoms with van der Waals surface area (Å²) in [6.07, 6.45) is 7.61. The van der Waals surface area contributed by atoms with Gasteiger partial charge in [0.05, 0.1) is 0 Å². The van der Waals surface area contributed by atoms with Crippen molar-refractivity contribution in [2.75, 3.05) is 0 Å². The van der Waals surface area contributed by atoms with Gasteiger partial charge in [-0.1, -0.05) is 13.3 Å². The number of hydrogen-bond donors (Lipinski definition) is 1. The summed E-state index contributed by atoms with van der Waals surface area (Å²) in [6, 6.07) is 4.32. The Hall–Kier alpha value is -1.68. The average molecular weight is 272 g/mol. The fourth-order valence-corrected chi connectivity index (χ4v) is 2.01. The second-order valence-corrected chi connectivity index (χ2v) is 6.15. The number of nitrogens with zero attached hydrogens (tertiary/aromatic N) is 3. The van der Waals surface area contributed by atoms with Gasteiger partial charge < -0.3 is 5.32 Å². The minimum atomic E-state index is 0.114. The van der Waals surface area contributed by atoms with Crippen LogP contribution in [-0.4, -0.2) is 20.1 Å². The van der Waals surface area contributed by atoms with Gasteiger partial charge in [-0.15, -0.1) is 0 Å². The monoisotopic (exact) mass is 272 g/mol. The molecule has 0 amide bonds. The number of nitrogens with one attached hydrogen (secondary N) is 1. The van der Waals surface area contributed by atoms with E-state index < -0.39 is 0 Å². The van der Waals surface area contributed by atoms with Crippen molar-refractivity contribution >= 4 is 0 Å². The van der Waals surface area contributed by atoms with Gasteiger partial charge in [-0.25, -0.2) is 9.97 Å². The van der Waals surface area contributed by atoms with Gasteiger partial charge in [-0.05, 0) is 44.9 Å². The highest BCUT2D eigenvalue weighted by Gasteiger charge is 2.10. The first-order valence-corrected chi connectivity index (χ1v) is 7.21. The molecule has 2 aromatic heterocycles. The third kappa shape index (κ3) is 4.17. The van der Waals surface area contributed by atoms with Crippen LogP contribution in [0.25, 0.3) is 5.82 Å². The maximum atomic E-state index is 4.71. The normalized spacial score (nSPS) is 11.8. The molecule has 0 aliphatic rings. The largest absolute Gasteiger partial charge is 0.308 e. The van der Waals surface area contributed by atoms with Gasteiger partial charge in [0.2, 0.25) is 0 Å². The third-order valence-electron chi connectivity index (χ3n) is 3.02. The van der Waals surface area contributed by atoms with Crippen molar-refractivity contribution in [1.82, 2.24) is 19.9 Å². The molecule has 2 heterocycles. The number of aryl methyl sites for hydroxylation is 1. The van der Waals surface area contributed by atoms with Gasteiger partial charge in [0, 0.05) is 30.2 Å². The van der Waals surface area contributed by atoms with Gasteiger partial charge >= 0.3 is 0 Å². The summed E-state index contributed by atoms with van der Waals surface area (Å²) in [4.78, 5) is 8.80. The molecular weight excluding hydrogens is 248 g/mol. The molecule has 0 aromatic carbocycles. The van der Waals surface area contributed by atoms with E-state index in [4.69, 9.17) is 4.98 Å². The van der Waals surface area contributed by atoms with E-state index in [0.29, 0.717) is 0 Å². The number of pyridine rings is 1. The molecule has 20 heavy (non-hydrogen) atoms. The quantitative estimate of drug-likeness (QED) is 0.909. The minimum absolute atomic E-state index is 0.114. The van der Waals surface area contributed by atoms with Crippen LogP contribution in [0.4, 0.5) is 0 Å². The molecule has 0 fully saturated rings. The Morgan fingerprint density at radius 2 is 2.05 bits per heavy atom. The molecular formula is C16H24N4. The maximum absolute atomic E-state index is 4.71. The number of hydrogen-bond acceptors (Lipinski definition) is 3. The molecule has 1 N–H and O–H groups in total. The molecule has 108 valence electrons. The first-order chi connectivity index (χ1) is 9.48. The highest BCUT2D eigenvalue weighted by atomic mass is 15.1. The van der Waals surface area contributed by atoms with Crippen LogP contribution < -0.4 is 5.32 Å². The topological polar surface area (TPSA) is 42.7 Å². The van der Waals surface area contributed by atoms with Gasteiger partial charge in [-0.3, -0.25) is 4.57 Å². The van der Waals surface area contributed by atoms with Crippen LogP contribution in [0.1, 0.15) is 45.4 Å². The highest BCUT2D eigenvalue weighted by molar-refractivity contribution is 5.31. The van der Waals surface area contributed by atoms with E-state index in [2.05, 4.69) is 50.1 Å². The summed E-state index contributed by atoms with van der Waals surface area (Å²) < 4.78 is 1.96. The van der Waals surface area contributed by atoms with Crippen LogP contribution >= 0.6 is 0 Å². The van der Waals surface area contributed by atoms with Gasteiger partial charge in [0.1, 0.15) is 12.1 Å². The lowest BCUT2D eigenvalue weighted by atomic mass is 10.1. The Morgan fingerprint density at radius 1 is 1.25 bits per heavy atom.